The van der Waals surface area contributed by atoms with Gasteiger partial charge < -0.3 is 9.45 Å². The minimum atomic E-state index is -0.858. The first kappa shape index (κ1) is 18.2. The number of benzene rings is 2. The Bertz CT molecular complexity index is 793. The van der Waals surface area contributed by atoms with Crippen LogP contribution in [0.4, 0.5) is 5.69 Å². The third-order valence-electron chi connectivity index (χ3n) is 4.04. The smallest absolute Gasteiger partial charge is 0.248 e. The number of carbonyl (C=O) groups is 1. The van der Waals surface area contributed by atoms with E-state index in [0.717, 1.165) is 27.0 Å². The molecule has 2 aromatic rings. The molecule has 1 unspecified atom stereocenters. The lowest BCUT2D eigenvalue weighted by Gasteiger charge is -2.23. The molecule has 0 aliphatic carbocycles. The molecular formula is C19H19BrN2O2S. The second kappa shape index (κ2) is 8.17. The van der Waals surface area contributed by atoms with Crippen LogP contribution < -0.4 is 4.90 Å². The Hall–Kier alpha value is -1.63. The summed E-state index contributed by atoms with van der Waals surface area (Å²) in [6, 6.07) is 15.8. The predicted octanol–water partition coefficient (Wildman–Crippen LogP) is 3.40. The average Bonchev–Trinajstić information content (AvgIpc) is 2.72. The lowest BCUT2D eigenvalue weighted by molar-refractivity contribution is -0.117. The molecule has 25 heavy (non-hydrogen) atoms. The van der Waals surface area contributed by atoms with E-state index >= 15 is 0 Å². The summed E-state index contributed by atoms with van der Waals surface area (Å²) in [5, 5.41) is 0. The maximum absolute atomic E-state index is 12.6. The highest BCUT2D eigenvalue weighted by molar-refractivity contribution is 9.10. The topological polar surface area (TPSA) is 55.7 Å². The van der Waals surface area contributed by atoms with Crippen molar-refractivity contribution in [1.29, 1.82) is 0 Å². The van der Waals surface area contributed by atoms with E-state index in [2.05, 4.69) is 20.9 Å². The molecule has 0 spiro atoms. The van der Waals surface area contributed by atoms with Gasteiger partial charge in [0.15, 0.2) is 0 Å². The van der Waals surface area contributed by atoms with Gasteiger partial charge in [-0.3, -0.25) is 9.79 Å². The molecule has 0 saturated heterocycles. The SMILES string of the molecule is C[S+]([O-])CCCN1C(=O)CN=C(c2ccccc2)c2cc(Br)ccc21. The van der Waals surface area contributed by atoms with Crippen molar-refractivity contribution < 1.29 is 9.35 Å². The molecule has 0 saturated carbocycles. The number of carbonyl (C=O) groups excluding carboxylic acids is 1. The van der Waals surface area contributed by atoms with Crippen molar-refractivity contribution in [3.63, 3.8) is 0 Å². The van der Waals surface area contributed by atoms with Crippen molar-refractivity contribution in [2.45, 2.75) is 6.42 Å². The van der Waals surface area contributed by atoms with Crippen LogP contribution in [0.2, 0.25) is 0 Å². The Morgan fingerprint density at radius 2 is 2.00 bits per heavy atom. The number of fused-ring (bicyclic) bond motifs is 1. The number of aliphatic imine (C=N–C) groups is 1. The van der Waals surface area contributed by atoms with Crippen LogP contribution in [0.25, 0.3) is 0 Å². The van der Waals surface area contributed by atoms with Gasteiger partial charge in [0.25, 0.3) is 0 Å². The van der Waals surface area contributed by atoms with Crippen LogP contribution in [0.5, 0.6) is 0 Å². The third-order valence-corrected chi connectivity index (χ3v) is 5.40. The molecule has 1 amide bonds. The van der Waals surface area contributed by atoms with E-state index in [1.807, 2.05) is 48.5 Å². The maximum Gasteiger partial charge on any atom is 0.248 e. The molecule has 3 rings (SSSR count). The predicted molar refractivity (Wildman–Crippen MR) is 107 cm³/mol. The normalized spacial score (nSPS) is 15.4. The number of benzodiazepines with no additional fused rings is 1. The highest BCUT2D eigenvalue weighted by atomic mass is 79.9. The number of rotatable bonds is 5. The van der Waals surface area contributed by atoms with Crippen molar-refractivity contribution in [2.75, 3.05) is 30.0 Å². The van der Waals surface area contributed by atoms with E-state index < -0.39 is 11.2 Å². The first-order valence-corrected chi connectivity index (χ1v) is 10.6. The quantitative estimate of drug-likeness (QED) is 0.698. The fraction of sp³-hybridized carbons (Fsp3) is 0.263. The molecule has 1 atom stereocenters. The fourth-order valence-corrected chi connectivity index (χ4v) is 3.80. The molecule has 0 fully saturated rings. The summed E-state index contributed by atoms with van der Waals surface area (Å²) < 4.78 is 12.3. The van der Waals surface area contributed by atoms with Crippen LogP contribution in [0.15, 0.2) is 58.0 Å². The molecule has 0 aromatic heterocycles. The average molecular weight is 419 g/mol. The molecule has 1 aliphatic heterocycles. The molecule has 0 N–H and O–H groups in total. The van der Waals surface area contributed by atoms with Gasteiger partial charge >= 0.3 is 0 Å². The Kier molecular flexibility index (Phi) is 5.93. The Labute approximate surface area is 159 Å². The minimum Gasteiger partial charge on any atom is -0.617 e. The number of hydrogen-bond acceptors (Lipinski definition) is 3. The van der Waals surface area contributed by atoms with Crippen LogP contribution in [0, 0.1) is 0 Å². The standard InChI is InChI=1S/C19H19BrN2O2S/c1-25(24)11-5-10-22-17-9-8-15(20)12-16(17)19(21-13-18(22)23)14-6-3-2-4-7-14/h2-4,6-9,12H,5,10-11,13H2,1H3. The second-order valence-electron chi connectivity index (χ2n) is 5.87. The maximum atomic E-state index is 12.6. The first-order valence-electron chi connectivity index (χ1n) is 8.06. The summed E-state index contributed by atoms with van der Waals surface area (Å²) in [5.74, 6) is 0.554. The van der Waals surface area contributed by atoms with Gasteiger partial charge in [-0.2, -0.15) is 0 Å². The molecule has 6 heteroatoms. The van der Waals surface area contributed by atoms with Crippen LogP contribution in [0.1, 0.15) is 17.5 Å². The molecule has 2 aromatic carbocycles. The van der Waals surface area contributed by atoms with Crippen LogP contribution in [-0.4, -0.2) is 41.3 Å². The molecule has 0 bridgehead atoms. The van der Waals surface area contributed by atoms with Crippen molar-refractivity contribution >= 4 is 44.4 Å². The van der Waals surface area contributed by atoms with Gasteiger partial charge in [-0.15, -0.1) is 0 Å². The largest absolute Gasteiger partial charge is 0.617 e. The summed E-state index contributed by atoms with van der Waals surface area (Å²) >= 11 is 2.67. The Balaban J connectivity index is 2.01. The zero-order valence-electron chi connectivity index (χ0n) is 13.9. The van der Waals surface area contributed by atoms with E-state index in [1.54, 1.807) is 11.2 Å². The summed E-state index contributed by atoms with van der Waals surface area (Å²) in [6.45, 7) is 0.663. The minimum absolute atomic E-state index is 0.0311. The van der Waals surface area contributed by atoms with Crippen molar-refractivity contribution in [1.82, 2.24) is 0 Å². The molecule has 0 radical (unpaired) electrons. The second-order valence-corrected chi connectivity index (χ2v) is 8.34. The molecule has 130 valence electrons. The zero-order chi connectivity index (χ0) is 17.8. The third kappa shape index (κ3) is 4.32. The van der Waals surface area contributed by atoms with Gasteiger partial charge in [-0.05, 0) is 18.2 Å². The van der Waals surface area contributed by atoms with E-state index in [9.17, 15) is 9.35 Å². The van der Waals surface area contributed by atoms with Crippen LogP contribution in [0.3, 0.4) is 0 Å². The molecular weight excluding hydrogens is 400 g/mol. The molecule has 1 heterocycles. The summed E-state index contributed by atoms with van der Waals surface area (Å²) in [4.78, 5) is 19.0. The Morgan fingerprint density at radius 1 is 1.24 bits per heavy atom. The Morgan fingerprint density at radius 3 is 2.72 bits per heavy atom. The molecule has 4 nitrogen and oxygen atoms in total. The van der Waals surface area contributed by atoms with Gasteiger partial charge in [0.1, 0.15) is 12.3 Å². The van der Waals surface area contributed by atoms with Gasteiger partial charge in [-0.1, -0.05) is 57.4 Å². The van der Waals surface area contributed by atoms with E-state index in [-0.39, 0.29) is 12.5 Å². The highest BCUT2D eigenvalue weighted by Crippen LogP contribution is 2.30. The van der Waals surface area contributed by atoms with Gasteiger partial charge in [0, 0.05) is 28.6 Å². The van der Waals surface area contributed by atoms with E-state index in [0.29, 0.717) is 18.7 Å². The van der Waals surface area contributed by atoms with Gasteiger partial charge in [0.2, 0.25) is 5.91 Å². The van der Waals surface area contributed by atoms with E-state index in [4.69, 9.17) is 0 Å². The van der Waals surface area contributed by atoms with Gasteiger partial charge in [-0.25, -0.2) is 0 Å². The van der Waals surface area contributed by atoms with Crippen molar-refractivity contribution in [3.8, 4) is 0 Å². The summed E-state index contributed by atoms with van der Waals surface area (Å²) in [7, 11) is 0. The number of nitrogens with zero attached hydrogens (tertiary/aromatic N) is 2. The van der Waals surface area contributed by atoms with E-state index in [1.165, 1.54) is 0 Å². The first-order chi connectivity index (χ1) is 12.1. The monoisotopic (exact) mass is 418 g/mol. The fourth-order valence-electron chi connectivity index (χ4n) is 2.90. The zero-order valence-corrected chi connectivity index (χ0v) is 16.3. The number of anilines is 1. The van der Waals surface area contributed by atoms with Crippen molar-refractivity contribution in [2.24, 2.45) is 4.99 Å². The molecule has 1 aliphatic rings. The van der Waals surface area contributed by atoms with Crippen LogP contribution >= 0.6 is 15.9 Å². The van der Waals surface area contributed by atoms with Crippen LogP contribution in [-0.2, 0) is 16.0 Å². The van der Waals surface area contributed by atoms with Gasteiger partial charge in [0.05, 0.1) is 17.7 Å². The number of amides is 1. The highest BCUT2D eigenvalue weighted by Gasteiger charge is 2.25. The summed E-state index contributed by atoms with van der Waals surface area (Å²) in [5.41, 5.74) is 3.61. The lowest BCUT2D eigenvalue weighted by Crippen LogP contribution is -2.34. The lowest BCUT2D eigenvalue weighted by atomic mass is 10.0. The number of halogens is 1. The number of hydrogen-bond donors (Lipinski definition) is 0. The van der Waals surface area contributed by atoms with Crippen molar-refractivity contribution in [3.05, 3.63) is 64.1 Å². The summed E-state index contributed by atoms with van der Waals surface area (Å²) in [6.07, 6.45) is 2.39.